The van der Waals surface area contributed by atoms with Crippen LogP contribution in [0.5, 0.6) is 11.5 Å². The van der Waals surface area contributed by atoms with E-state index in [2.05, 4.69) is 31.6 Å². The highest BCUT2D eigenvalue weighted by molar-refractivity contribution is 6.05. The van der Waals surface area contributed by atoms with Crippen molar-refractivity contribution < 1.29 is 33.0 Å². The molecule has 2 aromatic rings. The number of amides is 3. The molecule has 4 saturated heterocycles. The smallest absolute Gasteiger partial charge is 0.250 e. The zero-order valence-electron chi connectivity index (χ0n) is 29.1. The average Bonchev–Trinajstić information content (AvgIpc) is 3.85. The van der Waals surface area contributed by atoms with Gasteiger partial charge in [-0.2, -0.15) is 5.10 Å². The molecule has 6 aliphatic rings. The van der Waals surface area contributed by atoms with E-state index < -0.39 is 23.4 Å². The fourth-order valence-corrected chi connectivity index (χ4v) is 8.52. The van der Waals surface area contributed by atoms with Crippen LogP contribution in [0.15, 0.2) is 65.5 Å². The van der Waals surface area contributed by atoms with Crippen molar-refractivity contribution in [1.82, 2.24) is 35.1 Å². The highest BCUT2D eigenvalue weighted by Crippen LogP contribution is 2.37. The molecule has 0 bridgehead atoms. The van der Waals surface area contributed by atoms with Crippen LogP contribution in [-0.2, 0) is 20.9 Å². The Bertz CT molecular complexity index is 1970. The number of halogens is 2. The second-order valence-corrected chi connectivity index (χ2v) is 14.8. The third kappa shape index (κ3) is 6.77. The van der Waals surface area contributed by atoms with Gasteiger partial charge in [0.05, 0.1) is 30.7 Å². The predicted molar refractivity (Wildman–Crippen MR) is 188 cm³/mol. The lowest BCUT2D eigenvalue weighted by molar-refractivity contribution is -0.142. The number of piperidine rings is 2. The summed E-state index contributed by atoms with van der Waals surface area (Å²) in [6.45, 7) is 4.07. The number of hydrogen-bond donors (Lipinski definition) is 5. The molecule has 1 aromatic carbocycles. The highest BCUT2D eigenvalue weighted by atomic mass is 19.1. The number of ether oxygens (including phenoxy) is 1. The van der Waals surface area contributed by atoms with Crippen LogP contribution in [0.25, 0.3) is 5.70 Å². The predicted octanol–water partition coefficient (Wildman–Crippen LogP) is 1.61. The van der Waals surface area contributed by atoms with E-state index in [4.69, 9.17) is 16.2 Å². The number of aromatic hydroxyl groups is 1. The Morgan fingerprint density at radius 1 is 1.11 bits per heavy atom. The molecule has 7 N–H and O–H groups in total. The number of nitrogens with two attached hydrogens (primary N) is 2. The number of allylic oxidation sites excluding steroid dienone is 3. The third-order valence-electron chi connectivity index (χ3n) is 11.3. The number of imide groups is 1. The summed E-state index contributed by atoms with van der Waals surface area (Å²) < 4.78 is 36.1. The quantitative estimate of drug-likeness (QED) is 0.249. The molecule has 280 valence electrons. The summed E-state index contributed by atoms with van der Waals surface area (Å²) in [5.74, 6) is -1.94. The van der Waals surface area contributed by atoms with Gasteiger partial charge in [0.2, 0.25) is 11.8 Å². The Balaban J connectivity index is 0.837. The van der Waals surface area contributed by atoms with Crippen LogP contribution in [0, 0.1) is 23.5 Å². The number of nitrogens with one attached hydrogen (secondary N) is 2. The van der Waals surface area contributed by atoms with Gasteiger partial charge < -0.3 is 41.3 Å². The van der Waals surface area contributed by atoms with Gasteiger partial charge in [-0.3, -0.25) is 24.4 Å². The molecule has 5 aliphatic heterocycles. The minimum Gasteiger partial charge on any atom is -0.504 e. The van der Waals surface area contributed by atoms with Gasteiger partial charge in [0.15, 0.2) is 17.3 Å². The molecule has 3 amide bonds. The van der Waals surface area contributed by atoms with Gasteiger partial charge in [-0.1, -0.05) is 6.08 Å². The SMILES string of the molecule is NC1=C(/C=C(\N)c2cc(F)cc(F)c2O)N2CC(Oc3cnn(CC4CCN(C5=CCC6CN(C7CCC(=O)NC7=O)C(=O)C6=C5)CC4)c3)CC2CN1. The van der Waals surface area contributed by atoms with Gasteiger partial charge in [-0.15, -0.1) is 0 Å². The fraction of sp³-hybridized carbons (Fsp3) is 0.459. The summed E-state index contributed by atoms with van der Waals surface area (Å²) in [6.07, 6.45) is 13.2. The van der Waals surface area contributed by atoms with Crippen molar-refractivity contribution in [3.8, 4) is 11.5 Å². The van der Waals surface area contributed by atoms with Crippen molar-refractivity contribution in [3.05, 3.63) is 82.7 Å². The number of likely N-dealkylation sites (tertiary alicyclic amines) is 2. The van der Waals surface area contributed by atoms with Crippen molar-refractivity contribution in [2.24, 2.45) is 23.3 Å². The van der Waals surface area contributed by atoms with E-state index in [0.717, 1.165) is 56.2 Å². The molecule has 53 heavy (non-hydrogen) atoms. The van der Waals surface area contributed by atoms with Crippen molar-refractivity contribution in [3.63, 3.8) is 0 Å². The molecule has 0 saturated carbocycles. The molecule has 16 heteroatoms. The topological polar surface area (TPSA) is 184 Å². The molecule has 0 radical (unpaired) electrons. The van der Waals surface area contributed by atoms with Gasteiger partial charge >= 0.3 is 0 Å². The van der Waals surface area contributed by atoms with Crippen LogP contribution in [0.1, 0.15) is 44.1 Å². The van der Waals surface area contributed by atoms with Crippen LogP contribution >= 0.6 is 0 Å². The number of nitrogens with zero attached hydrogens (tertiary/aromatic N) is 5. The number of rotatable bonds is 8. The molecule has 8 rings (SSSR count). The number of benzene rings is 1. The number of aromatic nitrogens is 2. The molecular weight excluding hydrogens is 688 g/mol. The van der Waals surface area contributed by atoms with Crippen LogP contribution in [-0.4, -0.2) is 98.2 Å². The minimum absolute atomic E-state index is 0.0267. The van der Waals surface area contributed by atoms with Crippen LogP contribution < -0.4 is 26.8 Å². The number of hydrogen-bond acceptors (Lipinski definition) is 11. The number of carbonyl (C=O) groups is 3. The van der Waals surface area contributed by atoms with Crippen molar-refractivity contribution in [2.45, 2.75) is 63.3 Å². The average molecular weight is 732 g/mol. The second kappa shape index (κ2) is 13.8. The zero-order valence-corrected chi connectivity index (χ0v) is 29.1. The molecule has 1 aromatic heterocycles. The summed E-state index contributed by atoms with van der Waals surface area (Å²) in [6, 6.07) is 1.03. The first-order valence-corrected chi connectivity index (χ1v) is 18.2. The van der Waals surface area contributed by atoms with Gasteiger partial charge in [-0.05, 0) is 49.8 Å². The molecule has 14 nitrogen and oxygen atoms in total. The van der Waals surface area contributed by atoms with E-state index in [-0.39, 0.29) is 53.5 Å². The molecule has 4 fully saturated rings. The Kier molecular flexibility index (Phi) is 8.98. The van der Waals surface area contributed by atoms with Gasteiger partial charge in [-0.25, -0.2) is 8.78 Å². The largest absolute Gasteiger partial charge is 0.504 e. The van der Waals surface area contributed by atoms with E-state index >= 15 is 0 Å². The van der Waals surface area contributed by atoms with Gasteiger partial charge in [0.25, 0.3) is 5.91 Å². The summed E-state index contributed by atoms with van der Waals surface area (Å²) in [4.78, 5) is 43.4. The number of carbonyl (C=O) groups excluding carboxylic acids is 3. The van der Waals surface area contributed by atoms with Crippen molar-refractivity contribution in [1.29, 1.82) is 0 Å². The molecular formula is C37H43F2N9O5. The van der Waals surface area contributed by atoms with Crippen molar-refractivity contribution >= 4 is 23.4 Å². The second-order valence-electron chi connectivity index (χ2n) is 14.8. The monoisotopic (exact) mass is 731 g/mol. The normalized spacial score (nSPS) is 26.6. The van der Waals surface area contributed by atoms with Gasteiger partial charge in [0.1, 0.15) is 23.8 Å². The van der Waals surface area contributed by atoms with E-state index in [1.165, 1.54) is 6.08 Å². The summed E-state index contributed by atoms with van der Waals surface area (Å²) in [5, 5.41) is 20.3. The third-order valence-corrected chi connectivity index (χ3v) is 11.3. The lowest BCUT2D eigenvalue weighted by Gasteiger charge is -2.35. The van der Waals surface area contributed by atoms with Crippen molar-refractivity contribution in [2.75, 3.05) is 32.7 Å². The van der Waals surface area contributed by atoms with Gasteiger partial charge in [0, 0.05) is 80.1 Å². The number of fused-ring (bicyclic) bond motifs is 2. The Hall–Kier alpha value is -5.54. The summed E-state index contributed by atoms with van der Waals surface area (Å²) in [5.41, 5.74) is 14.7. The molecule has 6 heterocycles. The van der Waals surface area contributed by atoms with Crippen LogP contribution in [0.2, 0.25) is 0 Å². The maximum absolute atomic E-state index is 14.0. The zero-order chi connectivity index (χ0) is 37.0. The van der Waals surface area contributed by atoms with E-state index in [9.17, 15) is 28.3 Å². The summed E-state index contributed by atoms with van der Waals surface area (Å²) >= 11 is 0. The molecule has 4 unspecified atom stereocenters. The van der Waals surface area contributed by atoms with Crippen LogP contribution in [0.4, 0.5) is 8.78 Å². The minimum atomic E-state index is -1.10. The lowest BCUT2D eigenvalue weighted by atomic mass is 9.91. The molecule has 1 aliphatic carbocycles. The first-order valence-electron chi connectivity index (χ1n) is 18.2. The number of phenols is 1. The Morgan fingerprint density at radius 2 is 1.92 bits per heavy atom. The maximum atomic E-state index is 14.0. The maximum Gasteiger partial charge on any atom is 0.250 e. The van der Waals surface area contributed by atoms with E-state index in [1.807, 2.05) is 17.0 Å². The Morgan fingerprint density at radius 3 is 2.72 bits per heavy atom. The van der Waals surface area contributed by atoms with E-state index in [0.29, 0.717) is 61.7 Å². The first kappa shape index (κ1) is 34.5. The fourth-order valence-electron chi connectivity index (χ4n) is 8.52. The first-order chi connectivity index (χ1) is 25.5. The summed E-state index contributed by atoms with van der Waals surface area (Å²) in [7, 11) is 0. The van der Waals surface area contributed by atoms with E-state index in [1.54, 1.807) is 11.1 Å². The lowest BCUT2D eigenvalue weighted by Crippen LogP contribution is -2.53. The highest BCUT2D eigenvalue weighted by Gasteiger charge is 2.44. The molecule has 4 atom stereocenters. The molecule has 0 spiro atoms. The number of phenolic OH excluding ortho intramolecular Hbond substituents is 1. The standard InChI is InChI=1S/C37H43F2N9O5/c38-22-9-28(34(50)29(39)10-22)30(40)13-32-35(41)42-14-24-11-25(19-47(24)32)53-26-15-43-46(18-26)16-20-5-7-45(8-6-20)23-2-1-21-17-48(37(52)27(21)12-23)31-3-4-33(49)44-36(31)51/h2,9-10,12-13,15,18,20-21,24-25,31,42,50H,1,3-8,11,14,16-17,19,40-41H2,(H,44,49,51)/b30-13-. The van der Waals surface area contributed by atoms with Crippen LogP contribution in [0.3, 0.4) is 0 Å². The Labute approximate surface area is 304 Å².